The molecule has 6 heteroatoms. The Balaban J connectivity index is 2.43. The Morgan fingerprint density at radius 2 is 2.29 bits per heavy atom. The van der Waals surface area contributed by atoms with E-state index in [1.165, 1.54) is 11.3 Å². The molecule has 2 aromatic heterocycles. The van der Waals surface area contributed by atoms with Gasteiger partial charge in [0, 0.05) is 12.6 Å². The number of carbonyl (C=O) groups is 1. The van der Waals surface area contributed by atoms with Gasteiger partial charge < -0.3 is 20.8 Å². The van der Waals surface area contributed by atoms with Crippen molar-refractivity contribution in [2.24, 2.45) is 5.73 Å². The van der Waals surface area contributed by atoms with Gasteiger partial charge in [-0.05, 0) is 13.0 Å². The predicted molar refractivity (Wildman–Crippen MR) is 68.9 cm³/mol. The number of esters is 1. The van der Waals surface area contributed by atoms with Crippen LogP contribution in [-0.2, 0) is 11.3 Å². The number of nitrogen functional groups attached to an aromatic ring is 1. The summed E-state index contributed by atoms with van der Waals surface area (Å²) in [6.45, 7) is 5.98. The molecule has 0 aliphatic heterocycles. The van der Waals surface area contributed by atoms with E-state index in [9.17, 15) is 4.79 Å². The van der Waals surface area contributed by atoms with Crippen LogP contribution >= 0.6 is 11.3 Å². The number of hydrogen-bond acceptors (Lipinski definition) is 5. The molecule has 2 heterocycles. The normalized spacial score (nSPS) is 10.6. The van der Waals surface area contributed by atoms with Crippen LogP contribution in [0.3, 0.4) is 0 Å². The number of aryl methyl sites for hydroxylation is 1. The molecule has 0 aromatic carbocycles. The first kappa shape index (κ1) is 11.5. The molecule has 0 saturated heterocycles. The lowest BCUT2D eigenvalue weighted by Gasteiger charge is -2.07. The molecule has 0 bridgehead atoms. The lowest BCUT2D eigenvalue weighted by molar-refractivity contribution is -0.130. The minimum Gasteiger partial charge on any atom is -0.405 e. The summed E-state index contributed by atoms with van der Waals surface area (Å²) in [5, 5.41) is 0.735. The molecule has 0 radical (unpaired) electrons. The Hall–Kier alpha value is -1.95. The minimum atomic E-state index is -0.627. The van der Waals surface area contributed by atoms with Gasteiger partial charge in [0.2, 0.25) is 5.88 Å². The number of nitrogens with two attached hydrogens (primary N) is 2. The van der Waals surface area contributed by atoms with Crippen LogP contribution in [0.2, 0.25) is 0 Å². The standard InChI is InChI=1S/C11H13N3O2S/c1-3-14-7-4-9(13)17-8(7)5-10(14)16-11(15)6(2)12/h4-5H,2-3,12-13H2,1H3. The summed E-state index contributed by atoms with van der Waals surface area (Å²) < 4.78 is 7.99. The number of hydrogen-bond donors (Lipinski definition) is 2. The SMILES string of the molecule is C=C(N)C(=O)Oc1cc2sc(N)cc2n1CC. The Kier molecular flexibility index (Phi) is 2.81. The molecular weight excluding hydrogens is 238 g/mol. The number of carbonyl (C=O) groups excluding carboxylic acids is 1. The summed E-state index contributed by atoms with van der Waals surface area (Å²) in [5.74, 6) is -0.164. The van der Waals surface area contributed by atoms with Gasteiger partial charge in [0.25, 0.3) is 0 Å². The minimum absolute atomic E-state index is 0.114. The van der Waals surface area contributed by atoms with Crippen LogP contribution in [0, 0.1) is 0 Å². The van der Waals surface area contributed by atoms with E-state index in [0.29, 0.717) is 12.4 Å². The second kappa shape index (κ2) is 4.14. The quantitative estimate of drug-likeness (QED) is 0.642. The summed E-state index contributed by atoms with van der Waals surface area (Å²) in [4.78, 5) is 11.4. The molecule has 90 valence electrons. The maximum atomic E-state index is 11.4. The largest absolute Gasteiger partial charge is 0.405 e. The number of anilines is 1. The van der Waals surface area contributed by atoms with Crippen LogP contribution in [0.15, 0.2) is 24.4 Å². The second-order valence-electron chi connectivity index (χ2n) is 3.54. The fourth-order valence-electron chi connectivity index (χ4n) is 1.61. The van der Waals surface area contributed by atoms with Gasteiger partial charge in [-0.15, -0.1) is 11.3 Å². The molecule has 0 atom stereocenters. The Morgan fingerprint density at radius 3 is 2.88 bits per heavy atom. The Morgan fingerprint density at radius 1 is 1.59 bits per heavy atom. The van der Waals surface area contributed by atoms with Gasteiger partial charge in [-0.1, -0.05) is 6.58 Å². The highest BCUT2D eigenvalue weighted by molar-refractivity contribution is 7.22. The number of thiophene rings is 1. The lowest BCUT2D eigenvalue weighted by Crippen LogP contribution is -2.17. The third-order valence-electron chi connectivity index (χ3n) is 2.35. The molecule has 2 rings (SSSR count). The highest BCUT2D eigenvalue weighted by Gasteiger charge is 2.15. The third kappa shape index (κ3) is 1.99. The molecule has 0 aliphatic carbocycles. The Bertz CT molecular complexity index is 597. The lowest BCUT2D eigenvalue weighted by atomic mass is 10.5. The van der Waals surface area contributed by atoms with E-state index in [0.717, 1.165) is 15.2 Å². The van der Waals surface area contributed by atoms with Gasteiger partial charge in [0.05, 0.1) is 15.2 Å². The molecule has 0 unspecified atom stereocenters. The van der Waals surface area contributed by atoms with Crippen molar-refractivity contribution in [2.75, 3.05) is 5.73 Å². The molecule has 4 N–H and O–H groups in total. The highest BCUT2D eigenvalue weighted by atomic mass is 32.1. The van der Waals surface area contributed by atoms with E-state index < -0.39 is 5.97 Å². The maximum absolute atomic E-state index is 11.4. The van der Waals surface area contributed by atoms with Gasteiger partial charge in [-0.25, -0.2) is 4.79 Å². The van der Waals surface area contributed by atoms with Crippen molar-refractivity contribution in [3.05, 3.63) is 24.4 Å². The van der Waals surface area contributed by atoms with Crippen LogP contribution in [0.25, 0.3) is 10.2 Å². The number of nitrogens with zero attached hydrogens (tertiary/aromatic N) is 1. The maximum Gasteiger partial charge on any atom is 0.360 e. The Labute approximate surface area is 102 Å². The molecule has 0 fully saturated rings. The van der Waals surface area contributed by atoms with E-state index in [1.807, 2.05) is 17.6 Å². The van der Waals surface area contributed by atoms with Gasteiger partial charge in [-0.2, -0.15) is 0 Å². The van der Waals surface area contributed by atoms with E-state index in [2.05, 4.69) is 6.58 Å². The van der Waals surface area contributed by atoms with Gasteiger partial charge in [-0.3, -0.25) is 0 Å². The van der Waals surface area contributed by atoms with Crippen molar-refractivity contribution in [1.82, 2.24) is 4.57 Å². The van der Waals surface area contributed by atoms with Crippen molar-refractivity contribution < 1.29 is 9.53 Å². The molecule has 0 amide bonds. The van der Waals surface area contributed by atoms with Crippen molar-refractivity contribution >= 4 is 32.5 Å². The average molecular weight is 251 g/mol. The summed E-state index contributed by atoms with van der Waals surface area (Å²) in [7, 11) is 0. The van der Waals surface area contributed by atoms with E-state index in [-0.39, 0.29) is 5.70 Å². The van der Waals surface area contributed by atoms with Crippen molar-refractivity contribution in [3.63, 3.8) is 0 Å². The molecule has 17 heavy (non-hydrogen) atoms. The summed E-state index contributed by atoms with van der Waals surface area (Å²) in [5.41, 5.74) is 11.8. The van der Waals surface area contributed by atoms with Crippen molar-refractivity contribution in [1.29, 1.82) is 0 Å². The first-order valence-corrected chi connectivity index (χ1v) is 5.89. The number of fused-ring (bicyclic) bond motifs is 1. The van der Waals surface area contributed by atoms with Gasteiger partial charge >= 0.3 is 5.97 Å². The number of aromatic nitrogens is 1. The van der Waals surface area contributed by atoms with Gasteiger partial charge in [0.15, 0.2) is 0 Å². The van der Waals surface area contributed by atoms with Crippen LogP contribution in [0.5, 0.6) is 5.88 Å². The fraction of sp³-hybridized carbons (Fsp3) is 0.182. The average Bonchev–Trinajstić information content (AvgIpc) is 2.73. The molecule has 0 aliphatic rings. The molecular formula is C11H13N3O2S. The highest BCUT2D eigenvalue weighted by Crippen LogP contribution is 2.34. The zero-order chi connectivity index (χ0) is 12.6. The van der Waals surface area contributed by atoms with Crippen molar-refractivity contribution in [3.8, 4) is 5.88 Å². The zero-order valence-corrected chi connectivity index (χ0v) is 10.2. The number of ether oxygens (including phenoxy) is 1. The monoisotopic (exact) mass is 251 g/mol. The van der Waals surface area contributed by atoms with Crippen LogP contribution in [0.4, 0.5) is 5.00 Å². The summed E-state index contributed by atoms with van der Waals surface area (Å²) in [6, 6.07) is 3.64. The molecule has 0 spiro atoms. The summed E-state index contributed by atoms with van der Waals surface area (Å²) in [6.07, 6.45) is 0. The first-order valence-electron chi connectivity index (χ1n) is 5.08. The smallest absolute Gasteiger partial charge is 0.360 e. The van der Waals surface area contributed by atoms with Crippen LogP contribution in [0.1, 0.15) is 6.92 Å². The topological polar surface area (TPSA) is 83.3 Å². The fourth-order valence-corrected chi connectivity index (χ4v) is 2.47. The predicted octanol–water partition coefficient (Wildman–Crippen LogP) is 1.68. The zero-order valence-electron chi connectivity index (χ0n) is 9.40. The van der Waals surface area contributed by atoms with E-state index in [4.69, 9.17) is 16.2 Å². The first-order chi connectivity index (χ1) is 8.02. The second-order valence-corrected chi connectivity index (χ2v) is 4.66. The molecule has 0 saturated carbocycles. The van der Waals surface area contributed by atoms with Crippen LogP contribution < -0.4 is 16.2 Å². The van der Waals surface area contributed by atoms with E-state index >= 15 is 0 Å². The molecule has 5 nitrogen and oxygen atoms in total. The van der Waals surface area contributed by atoms with Gasteiger partial charge in [0.1, 0.15) is 5.70 Å². The van der Waals surface area contributed by atoms with Crippen LogP contribution in [-0.4, -0.2) is 10.5 Å². The third-order valence-corrected chi connectivity index (χ3v) is 3.25. The number of rotatable bonds is 3. The molecule has 2 aromatic rings. The van der Waals surface area contributed by atoms with E-state index in [1.54, 1.807) is 6.07 Å². The van der Waals surface area contributed by atoms with Crippen molar-refractivity contribution in [2.45, 2.75) is 13.5 Å². The summed E-state index contributed by atoms with van der Waals surface area (Å²) >= 11 is 1.45.